The van der Waals surface area contributed by atoms with E-state index in [0.29, 0.717) is 86.5 Å². The van der Waals surface area contributed by atoms with Gasteiger partial charge in [-0.05, 0) is 86.0 Å². The zero-order chi connectivity index (χ0) is 41.8. The van der Waals surface area contributed by atoms with Crippen molar-refractivity contribution in [2.24, 2.45) is 5.92 Å². The fourth-order valence-electron chi connectivity index (χ4n) is 9.58. The number of aromatic amines is 1. The van der Waals surface area contributed by atoms with Gasteiger partial charge in [0, 0.05) is 102 Å². The Bertz CT molecular complexity index is 2200. The number of fused-ring (bicyclic) bond motifs is 1. The molecule has 0 saturated carbocycles. The number of aromatic nitrogens is 3. The molecule has 2 unspecified atom stereocenters. The zero-order valence-electron chi connectivity index (χ0n) is 34.8. The lowest BCUT2D eigenvalue weighted by atomic mass is 9.91. The van der Waals surface area contributed by atoms with Gasteiger partial charge in [0.2, 0.25) is 5.91 Å². The van der Waals surface area contributed by atoms with Crippen molar-refractivity contribution >= 4 is 28.3 Å². The van der Waals surface area contributed by atoms with Crippen LogP contribution in [0.25, 0.3) is 10.8 Å². The van der Waals surface area contributed by atoms with Crippen LogP contribution in [0.2, 0.25) is 0 Å². The average Bonchev–Trinajstić information content (AvgIpc) is 3.28. The van der Waals surface area contributed by atoms with Crippen molar-refractivity contribution in [2.45, 2.75) is 51.2 Å². The van der Waals surface area contributed by atoms with Crippen LogP contribution in [0.5, 0.6) is 0 Å². The molecule has 0 bridgehead atoms. The maximum Gasteiger partial charge on any atom is 0.274 e. The molecule has 320 valence electrons. The van der Waals surface area contributed by atoms with Gasteiger partial charge in [-0.3, -0.25) is 24.2 Å². The molecule has 4 saturated heterocycles. The van der Waals surface area contributed by atoms with Crippen LogP contribution in [-0.2, 0) is 11.2 Å². The minimum atomic E-state index is -1.16. The number of aliphatic hydroxyl groups excluding tert-OH is 1. The number of carbonyl (C=O) groups excluding carboxylic acids is 2. The Morgan fingerprint density at radius 3 is 2.35 bits per heavy atom. The van der Waals surface area contributed by atoms with E-state index in [1.807, 2.05) is 34.2 Å². The number of carbonyl (C=O) groups is 2. The van der Waals surface area contributed by atoms with E-state index in [1.54, 1.807) is 29.2 Å². The van der Waals surface area contributed by atoms with Gasteiger partial charge < -0.3 is 30.4 Å². The molecule has 6 heterocycles. The SMILES string of the molecule is CCN1CCCC(c2cnc(C(=O)N3CCC(CN4CCN(CC(=O)N5CCN(C(O)c6cc(Cc7n[nH]c(=O)c8ccccc78)ccc6F)CC5)CC4)CC3)c(N)c2)C1. The van der Waals surface area contributed by atoms with Crippen LogP contribution in [0, 0.1) is 11.7 Å². The van der Waals surface area contributed by atoms with Gasteiger partial charge in [0.15, 0.2) is 5.69 Å². The Balaban J connectivity index is 0.750. The molecular weight excluding hydrogens is 764 g/mol. The Morgan fingerprint density at radius 1 is 0.883 bits per heavy atom. The summed E-state index contributed by atoms with van der Waals surface area (Å²) >= 11 is 0. The summed E-state index contributed by atoms with van der Waals surface area (Å²) in [6, 6.07) is 13.9. The molecule has 4 aromatic rings. The van der Waals surface area contributed by atoms with Crippen LogP contribution in [0.15, 0.2) is 59.5 Å². The third kappa shape index (κ3) is 9.55. The Hall–Kier alpha value is -4.80. The number of amides is 2. The first-order valence-electron chi connectivity index (χ1n) is 21.8. The normalized spacial score (nSPS) is 21.1. The summed E-state index contributed by atoms with van der Waals surface area (Å²) in [5, 5.41) is 19.4. The summed E-state index contributed by atoms with van der Waals surface area (Å²) in [6.45, 7) is 13.3. The molecule has 60 heavy (non-hydrogen) atoms. The second-order valence-electron chi connectivity index (χ2n) is 17.1. The number of H-pyrrole nitrogens is 1. The highest BCUT2D eigenvalue weighted by molar-refractivity contribution is 5.97. The number of piperazine rings is 2. The summed E-state index contributed by atoms with van der Waals surface area (Å²) in [5.74, 6) is 0.427. The number of piperidine rings is 2. The van der Waals surface area contributed by atoms with Crippen molar-refractivity contribution in [3.05, 3.63) is 99.0 Å². The molecule has 8 rings (SSSR count). The van der Waals surface area contributed by atoms with Crippen molar-refractivity contribution in [3.8, 4) is 0 Å². The summed E-state index contributed by atoms with van der Waals surface area (Å²) in [4.78, 5) is 56.4. The van der Waals surface area contributed by atoms with Gasteiger partial charge in [-0.2, -0.15) is 5.10 Å². The molecule has 2 amide bonds. The first kappa shape index (κ1) is 41.9. The molecule has 14 nitrogen and oxygen atoms in total. The van der Waals surface area contributed by atoms with E-state index in [0.717, 1.165) is 88.1 Å². The van der Waals surface area contributed by atoms with E-state index < -0.39 is 12.0 Å². The van der Waals surface area contributed by atoms with Crippen LogP contribution in [0.3, 0.4) is 0 Å². The Morgan fingerprint density at radius 2 is 1.62 bits per heavy atom. The lowest BCUT2D eigenvalue weighted by Crippen LogP contribution is -2.54. The number of nitrogens with two attached hydrogens (primary N) is 1. The van der Waals surface area contributed by atoms with Crippen LogP contribution >= 0.6 is 0 Å². The number of aliphatic hydroxyl groups is 1. The standard InChI is InChI=1S/C45H59FN10O4/c1-2-51-13-5-6-33(29-51)34-26-39(47)42(48-27-34)45(60)55-14-11-31(12-15-55)28-52-16-18-53(19-17-52)30-41(57)54-20-22-56(23-21-54)44(59)37-24-32(9-10-38(37)46)25-40-35-7-3-4-8-36(35)43(58)50-49-40/h3-4,7-10,24,26-27,31,33,44,59H,2,5-6,11-23,25,28-30,47H2,1H3,(H,50,58). The number of nitrogen functional groups attached to an aromatic ring is 1. The maximum absolute atomic E-state index is 15.1. The van der Waals surface area contributed by atoms with E-state index in [1.165, 1.54) is 12.5 Å². The minimum Gasteiger partial charge on any atom is -0.397 e. The zero-order valence-corrected chi connectivity index (χ0v) is 34.8. The van der Waals surface area contributed by atoms with Crippen LogP contribution in [0.4, 0.5) is 10.1 Å². The lowest BCUT2D eigenvalue weighted by molar-refractivity contribution is -0.136. The molecule has 15 heteroatoms. The van der Waals surface area contributed by atoms with Crippen LogP contribution in [0.1, 0.15) is 77.6 Å². The number of nitrogens with zero attached hydrogens (tertiary/aromatic N) is 8. The number of rotatable bonds is 11. The van der Waals surface area contributed by atoms with Gasteiger partial charge in [-0.25, -0.2) is 14.5 Å². The predicted octanol–water partition coefficient (Wildman–Crippen LogP) is 3.13. The number of benzene rings is 2. The molecule has 4 fully saturated rings. The fraction of sp³-hybridized carbons (Fsp3) is 0.533. The number of halogens is 1. The summed E-state index contributed by atoms with van der Waals surface area (Å²) in [5.41, 5.74) is 9.75. The highest BCUT2D eigenvalue weighted by Gasteiger charge is 2.31. The van der Waals surface area contributed by atoms with Crippen LogP contribution < -0.4 is 11.3 Å². The van der Waals surface area contributed by atoms with Gasteiger partial charge in [-0.15, -0.1) is 0 Å². The number of likely N-dealkylation sites (N-methyl/N-ethyl adjacent to an activating group) is 1. The fourth-order valence-corrected chi connectivity index (χ4v) is 9.58. The number of likely N-dealkylation sites (tertiary alicyclic amines) is 2. The second kappa shape index (κ2) is 18.9. The molecule has 4 aliphatic rings. The molecule has 4 aliphatic heterocycles. The molecule has 0 radical (unpaired) electrons. The smallest absolute Gasteiger partial charge is 0.274 e. The quantitative estimate of drug-likeness (QED) is 0.204. The minimum absolute atomic E-state index is 0.0708. The Kier molecular flexibility index (Phi) is 13.2. The van der Waals surface area contributed by atoms with Gasteiger partial charge in [0.1, 0.15) is 12.0 Å². The van der Waals surface area contributed by atoms with Gasteiger partial charge in [-0.1, -0.05) is 31.2 Å². The monoisotopic (exact) mass is 822 g/mol. The molecule has 2 aromatic carbocycles. The molecular formula is C45H59FN10O4. The lowest BCUT2D eigenvalue weighted by Gasteiger charge is -2.40. The third-order valence-corrected chi connectivity index (χ3v) is 13.3. The largest absolute Gasteiger partial charge is 0.397 e. The van der Waals surface area contributed by atoms with Crippen molar-refractivity contribution in [1.82, 2.24) is 44.6 Å². The summed E-state index contributed by atoms with van der Waals surface area (Å²) in [7, 11) is 0. The second-order valence-corrected chi connectivity index (χ2v) is 17.1. The Labute approximate surface area is 351 Å². The van der Waals surface area contributed by atoms with Crippen molar-refractivity contribution in [3.63, 3.8) is 0 Å². The summed E-state index contributed by atoms with van der Waals surface area (Å²) < 4.78 is 15.1. The van der Waals surface area contributed by atoms with Crippen molar-refractivity contribution in [2.75, 3.05) is 104 Å². The van der Waals surface area contributed by atoms with Gasteiger partial charge >= 0.3 is 0 Å². The molecule has 2 atom stereocenters. The van der Waals surface area contributed by atoms with Crippen molar-refractivity contribution < 1.29 is 19.1 Å². The van der Waals surface area contributed by atoms with Gasteiger partial charge in [0.05, 0.1) is 23.3 Å². The number of hydrogen-bond acceptors (Lipinski definition) is 11. The number of nitrogens with one attached hydrogen (secondary N) is 1. The maximum atomic E-state index is 15.1. The van der Waals surface area contributed by atoms with E-state index in [9.17, 15) is 19.5 Å². The van der Waals surface area contributed by atoms with Crippen LogP contribution in [-0.4, -0.2) is 160 Å². The topological polar surface area (TPSA) is 158 Å². The molecule has 0 aliphatic carbocycles. The third-order valence-electron chi connectivity index (χ3n) is 13.3. The molecule has 0 spiro atoms. The average molecular weight is 823 g/mol. The number of pyridine rings is 1. The number of hydrogen-bond donors (Lipinski definition) is 3. The highest BCUT2D eigenvalue weighted by Crippen LogP contribution is 2.30. The van der Waals surface area contributed by atoms with Gasteiger partial charge in [0.25, 0.3) is 11.5 Å². The predicted molar refractivity (Wildman–Crippen MR) is 229 cm³/mol. The molecule has 4 N–H and O–H groups in total. The van der Waals surface area contributed by atoms with E-state index >= 15 is 4.39 Å². The first-order valence-corrected chi connectivity index (χ1v) is 21.8. The first-order chi connectivity index (χ1) is 29.1. The van der Waals surface area contributed by atoms with Crippen molar-refractivity contribution in [1.29, 1.82) is 0 Å². The van der Waals surface area contributed by atoms with E-state index in [-0.39, 0.29) is 22.9 Å². The number of anilines is 1. The highest BCUT2D eigenvalue weighted by atomic mass is 19.1. The summed E-state index contributed by atoms with van der Waals surface area (Å²) in [6.07, 6.45) is 5.25. The molecule has 2 aromatic heterocycles. The van der Waals surface area contributed by atoms with E-state index in [2.05, 4.69) is 36.8 Å². The van der Waals surface area contributed by atoms with E-state index in [4.69, 9.17) is 5.73 Å².